The van der Waals surface area contributed by atoms with Crippen LogP contribution in [-0.2, 0) is 10.2 Å². The summed E-state index contributed by atoms with van der Waals surface area (Å²) in [6, 6.07) is 0. The highest BCUT2D eigenvalue weighted by Gasteiger charge is 2.32. The number of alkyl halides is 1. The second-order valence-corrected chi connectivity index (χ2v) is 5.75. The number of rotatable bonds is 8. The van der Waals surface area contributed by atoms with Crippen LogP contribution in [0.25, 0.3) is 0 Å². The van der Waals surface area contributed by atoms with Crippen LogP contribution in [0.4, 0.5) is 0 Å². The van der Waals surface area contributed by atoms with Gasteiger partial charge in [-0.15, -0.1) is 11.6 Å². The molecular weight excluding hydrogens is 248 g/mol. The fourth-order valence-electron chi connectivity index (χ4n) is 1.51. The SMILES string of the molecule is CCN(CC)S(=O)(=O)NC(CC)(CC)CCl. The fraction of sp³-hybridized carbons (Fsp3) is 1.00. The molecule has 0 saturated carbocycles. The van der Waals surface area contributed by atoms with Crippen LogP contribution in [0.2, 0.25) is 0 Å². The van der Waals surface area contributed by atoms with Crippen LogP contribution in [-0.4, -0.2) is 37.2 Å². The van der Waals surface area contributed by atoms with Gasteiger partial charge in [0.15, 0.2) is 0 Å². The van der Waals surface area contributed by atoms with Crippen LogP contribution in [0, 0.1) is 0 Å². The topological polar surface area (TPSA) is 49.4 Å². The summed E-state index contributed by atoms with van der Waals surface area (Å²) < 4.78 is 28.2. The molecule has 0 spiro atoms. The lowest BCUT2D eigenvalue weighted by Gasteiger charge is -2.32. The second kappa shape index (κ2) is 6.79. The van der Waals surface area contributed by atoms with E-state index in [0.29, 0.717) is 31.8 Å². The molecule has 0 aliphatic heterocycles. The molecule has 1 N–H and O–H groups in total. The normalized spacial score (nSPS) is 13.4. The first-order valence-electron chi connectivity index (χ1n) is 5.76. The van der Waals surface area contributed by atoms with Gasteiger partial charge in [0.25, 0.3) is 10.2 Å². The molecule has 0 unspecified atom stereocenters. The highest BCUT2D eigenvalue weighted by atomic mass is 35.5. The molecule has 0 amide bonds. The molecule has 0 rings (SSSR count). The maximum atomic E-state index is 12.0. The van der Waals surface area contributed by atoms with Crippen LogP contribution in [0.5, 0.6) is 0 Å². The van der Waals surface area contributed by atoms with Crippen molar-refractivity contribution in [1.29, 1.82) is 0 Å². The summed E-state index contributed by atoms with van der Waals surface area (Å²) in [6.45, 7) is 8.47. The number of hydrogen-bond acceptors (Lipinski definition) is 2. The van der Waals surface area contributed by atoms with Crippen molar-refractivity contribution in [2.24, 2.45) is 0 Å². The predicted molar refractivity (Wildman–Crippen MR) is 69.0 cm³/mol. The molecule has 6 heteroatoms. The molecule has 0 fully saturated rings. The Morgan fingerprint density at radius 1 is 1.12 bits per heavy atom. The van der Waals surface area contributed by atoms with E-state index in [1.165, 1.54) is 4.31 Å². The van der Waals surface area contributed by atoms with Gasteiger partial charge in [0, 0.05) is 24.5 Å². The zero-order valence-electron chi connectivity index (χ0n) is 10.6. The van der Waals surface area contributed by atoms with Gasteiger partial charge in [-0.3, -0.25) is 0 Å². The Bertz CT molecular complexity index is 277. The highest BCUT2D eigenvalue weighted by Crippen LogP contribution is 2.19. The van der Waals surface area contributed by atoms with Crippen molar-refractivity contribution in [3.8, 4) is 0 Å². The number of nitrogens with one attached hydrogen (secondary N) is 1. The van der Waals surface area contributed by atoms with E-state index in [0.717, 1.165) is 0 Å². The zero-order valence-corrected chi connectivity index (χ0v) is 12.2. The molecule has 98 valence electrons. The van der Waals surface area contributed by atoms with Gasteiger partial charge in [-0.05, 0) is 12.8 Å². The number of halogens is 1. The minimum Gasteiger partial charge on any atom is -0.195 e. The van der Waals surface area contributed by atoms with Crippen LogP contribution < -0.4 is 4.72 Å². The van der Waals surface area contributed by atoms with Crippen LogP contribution in [0.15, 0.2) is 0 Å². The van der Waals surface area contributed by atoms with Crippen molar-refractivity contribution in [3.63, 3.8) is 0 Å². The molecule has 0 saturated heterocycles. The van der Waals surface area contributed by atoms with E-state index in [1.807, 2.05) is 27.7 Å². The molecule has 4 nitrogen and oxygen atoms in total. The Labute approximate surface area is 105 Å². The van der Waals surface area contributed by atoms with Crippen LogP contribution >= 0.6 is 11.6 Å². The Morgan fingerprint density at radius 3 is 1.81 bits per heavy atom. The third-order valence-electron chi connectivity index (χ3n) is 3.00. The molecule has 0 atom stereocenters. The summed E-state index contributed by atoms with van der Waals surface area (Å²) in [7, 11) is -3.42. The molecule has 0 heterocycles. The van der Waals surface area contributed by atoms with E-state index in [2.05, 4.69) is 4.72 Å². The van der Waals surface area contributed by atoms with Gasteiger partial charge in [-0.1, -0.05) is 27.7 Å². The smallest absolute Gasteiger partial charge is 0.195 e. The molecule has 16 heavy (non-hydrogen) atoms. The van der Waals surface area contributed by atoms with E-state index in [4.69, 9.17) is 11.6 Å². The van der Waals surface area contributed by atoms with Crippen molar-refractivity contribution < 1.29 is 8.42 Å². The van der Waals surface area contributed by atoms with E-state index >= 15 is 0 Å². The van der Waals surface area contributed by atoms with Crippen molar-refractivity contribution >= 4 is 21.8 Å². The third-order valence-corrected chi connectivity index (χ3v) is 5.40. The minimum absolute atomic E-state index is 0.292. The summed E-state index contributed by atoms with van der Waals surface area (Å²) in [5.41, 5.74) is -0.525. The van der Waals surface area contributed by atoms with Crippen LogP contribution in [0.3, 0.4) is 0 Å². The van der Waals surface area contributed by atoms with Crippen molar-refractivity contribution in [2.45, 2.75) is 46.1 Å². The Kier molecular flexibility index (Phi) is 6.86. The van der Waals surface area contributed by atoms with Gasteiger partial charge in [0.2, 0.25) is 0 Å². The molecule has 0 aliphatic rings. The molecular formula is C10H23ClN2O2S. The number of hydrogen-bond donors (Lipinski definition) is 1. The van der Waals surface area contributed by atoms with Crippen molar-refractivity contribution in [2.75, 3.05) is 19.0 Å². The van der Waals surface area contributed by atoms with E-state index in [-0.39, 0.29) is 0 Å². The molecule has 0 aromatic heterocycles. The first kappa shape index (κ1) is 16.2. The Hall–Kier alpha value is 0.160. The molecule has 0 aromatic rings. The minimum atomic E-state index is -3.42. The first-order chi connectivity index (χ1) is 7.41. The molecule has 0 aromatic carbocycles. The Morgan fingerprint density at radius 2 is 1.56 bits per heavy atom. The Balaban J connectivity index is 4.92. The average molecular weight is 271 g/mol. The third kappa shape index (κ3) is 3.87. The lowest BCUT2D eigenvalue weighted by atomic mass is 9.97. The van der Waals surface area contributed by atoms with E-state index in [9.17, 15) is 8.42 Å². The second-order valence-electron chi connectivity index (χ2n) is 3.81. The standard InChI is InChI=1S/C10H23ClN2O2S/c1-5-10(6-2,9-11)12-16(14,15)13(7-3)8-4/h12H,5-9H2,1-4H3. The van der Waals surface area contributed by atoms with E-state index < -0.39 is 15.7 Å². The summed E-state index contributed by atoms with van der Waals surface area (Å²) >= 11 is 5.88. The molecule has 0 aliphatic carbocycles. The monoisotopic (exact) mass is 270 g/mol. The van der Waals surface area contributed by atoms with Gasteiger partial charge in [-0.25, -0.2) is 0 Å². The van der Waals surface area contributed by atoms with Gasteiger partial charge in [0.1, 0.15) is 0 Å². The van der Waals surface area contributed by atoms with Crippen molar-refractivity contribution in [3.05, 3.63) is 0 Å². The molecule has 0 radical (unpaired) electrons. The maximum Gasteiger partial charge on any atom is 0.279 e. The van der Waals surface area contributed by atoms with Gasteiger partial charge in [-0.2, -0.15) is 17.4 Å². The summed E-state index contributed by atoms with van der Waals surface area (Å²) in [5, 5.41) is 0. The highest BCUT2D eigenvalue weighted by molar-refractivity contribution is 7.87. The van der Waals surface area contributed by atoms with E-state index in [1.54, 1.807) is 0 Å². The maximum absolute atomic E-state index is 12.0. The quantitative estimate of drug-likeness (QED) is 0.686. The van der Waals surface area contributed by atoms with Gasteiger partial charge >= 0.3 is 0 Å². The van der Waals surface area contributed by atoms with Gasteiger partial charge in [0.05, 0.1) is 0 Å². The van der Waals surface area contributed by atoms with Gasteiger partial charge < -0.3 is 0 Å². The fourth-order valence-corrected chi connectivity index (χ4v) is 3.75. The summed E-state index contributed by atoms with van der Waals surface area (Å²) in [5.74, 6) is 0.292. The predicted octanol–water partition coefficient (Wildman–Crippen LogP) is 1.96. The van der Waals surface area contributed by atoms with Crippen molar-refractivity contribution in [1.82, 2.24) is 9.03 Å². The number of nitrogens with zero attached hydrogens (tertiary/aromatic N) is 1. The summed E-state index contributed by atoms with van der Waals surface area (Å²) in [6.07, 6.45) is 1.38. The zero-order chi connectivity index (χ0) is 12.8. The first-order valence-corrected chi connectivity index (χ1v) is 7.73. The average Bonchev–Trinajstić information content (AvgIpc) is 2.27. The largest absolute Gasteiger partial charge is 0.279 e. The lowest BCUT2D eigenvalue weighted by molar-refractivity contribution is 0.363. The molecule has 0 bridgehead atoms. The lowest BCUT2D eigenvalue weighted by Crippen LogP contribution is -2.54. The van der Waals surface area contributed by atoms with Crippen LogP contribution in [0.1, 0.15) is 40.5 Å². The summed E-state index contributed by atoms with van der Waals surface area (Å²) in [4.78, 5) is 0.